The lowest BCUT2D eigenvalue weighted by atomic mass is 9.97. The van der Waals surface area contributed by atoms with Gasteiger partial charge >= 0.3 is 0 Å². The van der Waals surface area contributed by atoms with Crippen LogP contribution in [0.25, 0.3) is 0 Å². The molecule has 0 saturated heterocycles. The zero-order valence-electron chi connectivity index (χ0n) is 12.7. The summed E-state index contributed by atoms with van der Waals surface area (Å²) in [5, 5.41) is 0. The van der Waals surface area contributed by atoms with Gasteiger partial charge in [0.2, 0.25) is 10.0 Å². The molecule has 1 aliphatic rings. The standard InChI is InChI=1S/C16H25NO3S/c1-2-20-15-10-12-16(13-11-15)21(18,19)17-14-8-6-4-3-5-7-9-14/h10-14,17H,2-9H2,1H3. The lowest BCUT2D eigenvalue weighted by Crippen LogP contribution is -2.35. The number of ether oxygens (including phenoxy) is 1. The fourth-order valence-electron chi connectivity index (χ4n) is 2.74. The molecule has 1 aromatic carbocycles. The molecule has 0 atom stereocenters. The SMILES string of the molecule is CCOc1ccc(S(=O)(=O)NC2CCCCCCC2)cc1. The molecule has 0 unspecified atom stereocenters. The van der Waals surface area contributed by atoms with Gasteiger partial charge in [0.15, 0.2) is 0 Å². The smallest absolute Gasteiger partial charge is 0.240 e. The van der Waals surface area contributed by atoms with Gasteiger partial charge in [0.1, 0.15) is 5.75 Å². The second kappa shape index (κ2) is 7.80. The van der Waals surface area contributed by atoms with Crippen LogP contribution in [-0.4, -0.2) is 21.1 Å². The number of sulfonamides is 1. The van der Waals surface area contributed by atoms with Gasteiger partial charge in [-0.25, -0.2) is 13.1 Å². The van der Waals surface area contributed by atoms with Crippen molar-refractivity contribution < 1.29 is 13.2 Å². The van der Waals surface area contributed by atoms with Crippen LogP contribution in [0.3, 0.4) is 0 Å². The first kappa shape index (κ1) is 16.3. The number of benzene rings is 1. The maximum absolute atomic E-state index is 12.4. The summed E-state index contributed by atoms with van der Waals surface area (Å²) in [6, 6.07) is 6.70. The molecule has 0 radical (unpaired) electrons. The second-order valence-electron chi connectivity index (χ2n) is 5.57. The van der Waals surface area contributed by atoms with E-state index in [1.165, 1.54) is 19.3 Å². The first-order valence-corrected chi connectivity index (χ1v) is 9.35. The quantitative estimate of drug-likeness (QED) is 0.906. The third kappa shape index (κ3) is 5.00. The first-order chi connectivity index (χ1) is 10.1. The van der Waals surface area contributed by atoms with E-state index >= 15 is 0 Å². The Morgan fingerprint density at radius 3 is 2.19 bits per heavy atom. The van der Waals surface area contributed by atoms with E-state index in [-0.39, 0.29) is 6.04 Å². The van der Waals surface area contributed by atoms with E-state index < -0.39 is 10.0 Å². The Morgan fingerprint density at radius 2 is 1.62 bits per heavy atom. The van der Waals surface area contributed by atoms with Crippen LogP contribution in [0.1, 0.15) is 51.9 Å². The van der Waals surface area contributed by atoms with Gasteiger partial charge < -0.3 is 4.74 Å². The van der Waals surface area contributed by atoms with Crippen molar-refractivity contribution in [3.05, 3.63) is 24.3 Å². The zero-order chi connectivity index (χ0) is 15.1. The maximum atomic E-state index is 12.4. The van der Waals surface area contributed by atoms with Gasteiger partial charge in [0.25, 0.3) is 0 Å². The molecule has 0 heterocycles. The molecule has 5 heteroatoms. The molecule has 21 heavy (non-hydrogen) atoms. The highest BCUT2D eigenvalue weighted by molar-refractivity contribution is 7.89. The van der Waals surface area contributed by atoms with Crippen LogP contribution in [0, 0.1) is 0 Å². The molecule has 118 valence electrons. The first-order valence-electron chi connectivity index (χ1n) is 7.87. The summed E-state index contributed by atoms with van der Waals surface area (Å²) in [6.07, 6.45) is 7.79. The van der Waals surface area contributed by atoms with Gasteiger partial charge in [-0.3, -0.25) is 0 Å². The maximum Gasteiger partial charge on any atom is 0.240 e. The van der Waals surface area contributed by atoms with Crippen LogP contribution in [0.4, 0.5) is 0 Å². The van der Waals surface area contributed by atoms with Crippen LogP contribution >= 0.6 is 0 Å². The fourth-order valence-corrected chi connectivity index (χ4v) is 4.05. The molecule has 0 spiro atoms. The van der Waals surface area contributed by atoms with E-state index in [4.69, 9.17) is 4.74 Å². The molecule has 0 aromatic heterocycles. The number of hydrogen-bond donors (Lipinski definition) is 1. The van der Waals surface area contributed by atoms with E-state index in [0.29, 0.717) is 17.3 Å². The fraction of sp³-hybridized carbons (Fsp3) is 0.625. The van der Waals surface area contributed by atoms with Crippen LogP contribution in [-0.2, 0) is 10.0 Å². The second-order valence-corrected chi connectivity index (χ2v) is 7.28. The minimum atomic E-state index is -3.43. The molecule has 0 aliphatic heterocycles. The molecular formula is C16H25NO3S. The Balaban J connectivity index is 2.02. The highest BCUT2D eigenvalue weighted by Crippen LogP contribution is 2.20. The minimum Gasteiger partial charge on any atom is -0.494 e. The highest BCUT2D eigenvalue weighted by atomic mass is 32.2. The third-order valence-electron chi connectivity index (χ3n) is 3.87. The normalized spacial score (nSPS) is 18.0. The topological polar surface area (TPSA) is 55.4 Å². The number of rotatable bonds is 5. The highest BCUT2D eigenvalue weighted by Gasteiger charge is 2.20. The van der Waals surface area contributed by atoms with Crippen molar-refractivity contribution in [1.82, 2.24) is 4.72 Å². The Kier molecular flexibility index (Phi) is 6.06. The van der Waals surface area contributed by atoms with E-state index in [1.807, 2.05) is 6.92 Å². The average molecular weight is 311 g/mol. The van der Waals surface area contributed by atoms with Crippen LogP contribution in [0.15, 0.2) is 29.2 Å². The summed E-state index contributed by atoms with van der Waals surface area (Å²) < 4.78 is 33.0. The molecule has 0 amide bonds. The molecule has 0 bridgehead atoms. The molecule has 1 fully saturated rings. The molecule has 1 aliphatic carbocycles. The van der Waals surface area contributed by atoms with E-state index in [9.17, 15) is 8.42 Å². The average Bonchev–Trinajstić information content (AvgIpc) is 2.43. The molecule has 1 aromatic rings. The van der Waals surface area contributed by atoms with Crippen molar-refractivity contribution in [2.45, 2.75) is 62.8 Å². The van der Waals surface area contributed by atoms with E-state index in [2.05, 4.69) is 4.72 Å². The van der Waals surface area contributed by atoms with Gasteiger partial charge in [-0.05, 0) is 44.0 Å². The van der Waals surface area contributed by atoms with Crippen molar-refractivity contribution >= 4 is 10.0 Å². The summed E-state index contributed by atoms with van der Waals surface area (Å²) in [5.41, 5.74) is 0. The largest absolute Gasteiger partial charge is 0.494 e. The molecular weight excluding hydrogens is 286 g/mol. The summed E-state index contributed by atoms with van der Waals surface area (Å²) >= 11 is 0. The molecule has 4 nitrogen and oxygen atoms in total. The zero-order valence-corrected chi connectivity index (χ0v) is 13.5. The minimum absolute atomic E-state index is 0.0712. The van der Waals surface area contributed by atoms with Gasteiger partial charge in [0, 0.05) is 6.04 Å². The Bertz CT molecular complexity index is 517. The Labute approximate surface area is 127 Å². The Hall–Kier alpha value is -1.07. The van der Waals surface area contributed by atoms with Crippen molar-refractivity contribution in [3.63, 3.8) is 0 Å². The number of nitrogens with one attached hydrogen (secondary N) is 1. The van der Waals surface area contributed by atoms with Crippen molar-refractivity contribution in [2.24, 2.45) is 0 Å². The Morgan fingerprint density at radius 1 is 1.05 bits per heavy atom. The summed E-state index contributed by atoms with van der Waals surface area (Å²) in [7, 11) is -3.43. The molecule has 1 saturated carbocycles. The van der Waals surface area contributed by atoms with Crippen molar-refractivity contribution in [1.29, 1.82) is 0 Å². The summed E-state index contributed by atoms with van der Waals surface area (Å²) in [6.45, 7) is 2.48. The van der Waals surface area contributed by atoms with Crippen LogP contribution in [0.5, 0.6) is 5.75 Å². The monoisotopic (exact) mass is 311 g/mol. The van der Waals surface area contributed by atoms with Crippen LogP contribution in [0.2, 0.25) is 0 Å². The molecule has 2 rings (SSSR count). The van der Waals surface area contributed by atoms with Gasteiger partial charge in [0.05, 0.1) is 11.5 Å². The predicted molar refractivity (Wildman–Crippen MR) is 84.0 cm³/mol. The van der Waals surface area contributed by atoms with E-state index in [1.54, 1.807) is 24.3 Å². The molecule has 1 N–H and O–H groups in total. The lowest BCUT2D eigenvalue weighted by Gasteiger charge is -2.21. The van der Waals surface area contributed by atoms with Crippen molar-refractivity contribution in [3.8, 4) is 5.75 Å². The lowest BCUT2D eigenvalue weighted by molar-refractivity contribution is 0.340. The number of hydrogen-bond acceptors (Lipinski definition) is 3. The van der Waals surface area contributed by atoms with Gasteiger partial charge in [-0.2, -0.15) is 0 Å². The summed E-state index contributed by atoms with van der Waals surface area (Å²) in [5.74, 6) is 0.697. The van der Waals surface area contributed by atoms with E-state index in [0.717, 1.165) is 25.7 Å². The third-order valence-corrected chi connectivity index (χ3v) is 5.41. The van der Waals surface area contributed by atoms with Crippen molar-refractivity contribution in [2.75, 3.05) is 6.61 Å². The van der Waals surface area contributed by atoms with Crippen LogP contribution < -0.4 is 9.46 Å². The van der Waals surface area contributed by atoms with Gasteiger partial charge in [-0.15, -0.1) is 0 Å². The van der Waals surface area contributed by atoms with Gasteiger partial charge in [-0.1, -0.05) is 32.1 Å². The predicted octanol–water partition coefficient (Wildman–Crippen LogP) is 3.48. The summed E-state index contributed by atoms with van der Waals surface area (Å²) in [4.78, 5) is 0.313.